The van der Waals surface area contributed by atoms with Gasteiger partial charge in [-0.1, -0.05) is 0 Å². The van der Waals surface area contributed by atoms with Crippen LogP contribution in [0.15, 0.2) is 12.3 Å². The molecule has 1 aromatic heterocycles. The number of aliphatic hydroxyl groups excluding tert-OH is 1. The van der Waals surface area contributed by atoms with Gasteiger partial charge in [0.1, 0.15) is 0 Å². The first-order valence-corrected chi connectivity index (χ1v) is 4.77. The second-order valence-corrected chi connectivity index (χ2v) is 3.72. The normalized spacial score (nSPS) is 21.4. The molecule has 0 radical (unpaired) electrons. The van der Waals surface area contributed by atoms with Crippen molar-refractivity contribution in [1.82, 2.24) is 4.57 Å². The van der Waals surface area contributed by atoms with E-state index in [4.69, 9.17) is 5.11 Å². The molecule has 0 spiro atoms. The van der Waals surface area contributed by atoms with Crippen LogP contribution in [0.5, 0.6) is 0 Å². The molecule has 0 saturated carbocycles. The van der Waals surface area contributed by atoms with Crippen molar-refractivity contribution in [3.05, 3.63) is 23.5 Å². The molecule has 2 heterocycles. The van der Waals surface area contributed by atoms with E-state index in [1.54, 1.807) is 12.3 Å². The summed E-state index contributed by atoms with van der Waals surface area (Å²) in [6.07, 6.45) is 3.59. The van der Waals surface area contributed by atoms with Crippen LogP contribution in [0.1, 0.15) is 28.9 Å². The molecule has 1 aromatic rings. The number of carboxylic acid groups (broad SMARTS) is 1. The maximum absolute atomic E-state index is 10.7. The van der Waals surface area contributed by atoms with Gasteiger partial charge in [-0.15, -0.1) is 0 Å². The third-order valence-corrected chi connectivity index (χ3v) is 2.61. The average molecular weight is 195 g/mol. The standard InChI is InChI=1S/C10H13NO3/c12-9-2-1-3-11-6-7(10(13)14)4-8(11)5-9/h4,6,9,12H,1-3,5H2,(H,13,14). The quantitative estimate of drug-likeness (QED) is 0.699. The number of aromatic nitrogens is 1. The first kappa shape index (κ1) is 9.27. The van der Waals surface area contributed by atoms with Gasteiger partial charge in [0.2, 0.25) is 0 Å². The van der Waals surface area contributed by atoms with Crippen LogP contribution in [0.3, 0.4) is 0 Å². The van der Waals surface area contributed by atoms with Crippen molar-refractivity contribution in [2.24, 2.45) is 0 Å². The Morgan fingerprint density at radius 3 is 3.07 bits per heavy atom. The lowest BCUT2D eigenvalue weighted by atomic mass is 10.1. The molecule has 4 nitrogen and oxygen atoms in total. The average Bonchev–Trinajstić information content (AvgIpc) is 2.42. The second kappa shape index (κ2) is 3.46. The van der Waals surface area contributed by atoms with Gasteiger partial charge >= 0.3 is 5.97 Å². The van der Waals surface area contributed by atoms with Crippen LogP contribution in [0.2, 0.25) is 0 Å². The monoisotopic (exact) mass is 195 g/mol. The van der Waals surface area contributed by atoms with Crippen LogP contribution in [-0.4, -0.2) is 26.9 Å². The maximum atomic E-state index is 10.7. The Kier molecular flexibility index (Phi) is 2.29. The highest BCUT2D eigenvalue weighted by molar-refractivity contribution is 5.87. The van der Waals surface area contributed by atoms with E-state index in [-0.39, 0.29) is 6.10 Å². The Hall–Kier alpha value is -1.29. The molecular formula is C10H13NO3. The number of rotatable bonds is 1. The van der Waals surface area contributed by atoms with Crippen LogP contribution in [0.4, 0.5) is 0 Å². The molecule has 1 aliphatic heterocycles. The summed E-state index contributed by atoms with van der Waals surface area (Å²) in [4.78, 5) is 10.7. The van der Waals surface area contributed by atoms with Gasteiger partial charge in [0, 0.05) is 24.9 Å². The van der Waals surface area contributed by atoms with Crippen LogP contribution < -0.4 is 0 Å². The van der Waals surface area contributed by atoms with Crippen LogP contribution >= 0.6 is 0 Å². The minimum absolute atomic E-state index is 0.314. The number of carboxylic acids is 1. The summed E-state index contributed by atoms with van der Waals surface area (Å²) in [7, 11) is 0. The topological polar surface area (TPSA) is 62.5 Å². The molecule has 2 rings (SSSR count). The van der Waals surface area contributed by atoms with E-state index in [9.17, 15) is 9.90 Å². The molecule has 0 aliphatic carbocycles. The van der Waals surface area contributed by atoms with Crippen molar-refractivity contribution in [3.63, 3.8) is 0 Å². The summed E-state index contributed by atoms with van der Waals surface area (Å²) in [5, 5.41) is 18.3. The predicted molar refractivity (Wildman–Crippen MR) is 50.3 cm³/mol. The zero-order valence-electron chi connectivity index (χ0n) is 7.81. The van der Waals surface area contributed by atoms with Crippen molar-refractivity contribution >= 4 is 5.97 Å². The van der Waals surface area contributed by atoms with E-state index in [1.165, 1.54) is 0 Å². The Bertz CT molecular complexity index is 356. The van der Waals surface area contributed by atoms with Crippen molar-refractivity contribution in [1.29, 1.82) is 0 Å². The van der Waals surface area contributed by atoms with Crippen molar-refractivity contribution in [3.8, 4) is 0 Å². The minimum Gasteiger partial charge on any atom is -0.478 e. The number of fused-ring (bicyclic) bond motifs is 1. The summed E-state index contributed by atoms with van der Waals surface area (Å²) in [6, 6.07) is 1.65. The number of aryl methyl sites for hydroxylation is 1. The van der Waals surface area contributed by atoms with Crippen molar-refractivity contribution in [2.75, 3.05) is 0 Å². The molecule has 2 N–H and O–H groups in total. The van der Waals surface area contributed by atoms with Gasteiger partial charge in [-0.05, 0) is 18.9 Å². The third kappa shape index (κ3) is 1.65. The summed E-state index contributed by atoms with van der Waals surface area (Å²) >= 11 is 0. The highest BCUT2D eigenvalue weighted by atomic mass is 16.4. The number of carbonyl (C=O) groups is 1. The van der Waals surface area contributed by atoms with E-state index in [0.717, 1.165) is 25.1 Å². The molecule has 0 bridgehead atoms. The smallest absolute Gasteiger partial charge is 0.337 e. The fourth-order valence-corrected chi connectivity index (χ4v) is 1.89. The molecule has 1 aliphatic rings. The second-order valence-electron chi connectivity index (χ2n) is 3.72. The lowest BCUT2D eigenvalue weighted by Gasteiger charge is -2.04. The van der Waals surface area contributed by atoms with Crippen molar-refractivity contribution in [2.45, 2.75) is 31.9 Å². The molecule has 0 fully saturated rings. The number of nitrogens with zero attached hydrogens (tertiary/aromatic N) is 1. The molecule has 0 amide bonds. The van der Waals surface area contributed by atoms with E-state index in [2.05, 4.69) is 0 Å². The minimum atomic E-state index is -0.903. The molecular weight excluding hydrogens is 182 g/mol. The first-order chi connectivity index (χ1) is 6.66. The Balaban J connectivity index is 2.31. The molecule has 1 unspecified atom stereocenters. The van der Waals surface area contributed by atoms with Crippen LogP contribution in [0, 0.1) is 0 Å². The first-order valence-electron chi connectivity index (χ1n) is 4.77. The molecule has 4 heteroatoms. The van der Waals surface area contributed by atoms with Crippen LogP contribution in [-0.2, 0) is 13.0 Å². The zero-order chi connectivity index (χ0) is 10.1. The Labute approximate surface area is 81.8 Å². The largest absolute Gasteiger partial charge is 0.478 e. The molecule has 14 heavy (non-hydrogen) atoms. The van der Waals surface area contributed by atoms with Crippen molar-refractivity contribution < 1.29 is 15.0 Å². The summed E-state index contributed by atoms with van der Waals surface area (Å²) in [5.74, 6) is -0.903. The zero-order valence-corrected chi connectivity index (χ0v) is 7.81. The van der Waals surface area contributed by atoms with E-state index in [0.29, 0.717) is 12.0 Å². The van der Waals surface area contributed by atoms with E-state index < -0.39 is 5.97 Å². The maximum Gasteiger partial charge on any atom is 0.337 e. The lowest BCUT2D eigenvalue weighted by Crippen LogP contribution is -2.08. The third-order valence-electron chi connectivity index (χ3n) is 2.61. The Morgan fingerprint density at radius 1 is 1.57 bits per heavy atom. The summed E-state index contributed by atoms with van der Waals surface area (Å²) in [5.41, 5.74) is 1.24. The van der Waals surface area contributed by atoms with Gasteiger partial charge in [0.05, 0.1) is 11.7 Å². The van der Waals surface area contributed by atoms with Gasteiger partial charge in [-0.2, -0.15) is 0 Å². The fraction of sp³-hybridized carbons (Fsp3) is 0.500. The number of hydrogen-bond donors (Lipinski definition) is 2. The molecule has 0 saturated heterocycles. The number of aromatic carboxylic acids is 1. The fourth-order valence-electron chi connectivity index (χ4n) is 1.89. The molecule has 0 aromatic carbocycles. The van der Waals surface area contributed by atoms with Gasteiger partial charge < -0.3 is 14.8 Å². The molecule has 76 valence electrons. The van der Waals surface area contributed by atoms with E-state index >= 15 is 0 Å². The highest BCUT2D eigenvalue weighted by Gasteiger charge is 2.17. The van der Waals surface area contributed by atoms with Gasteiger partial charge in [0.15, 0.2) is 0 Å². The number of hydrogen-bond acceptors (Lipinski definition) is 2. The highest BCUT2D eigenvalue weighted by Crippen LogP contribution is 2.18. The predicted octanol–water partition coefficient (Wildman–Crippen LogP) is 0.883. The summed E-state index contributed by atoms with van der Waals surface area (Å²) in [6.45, 7) is 0.805. The lowest BCUT2D eigenvalue weighted by molar-refractivity contribution is 0.0696. The molecule has 1 atom stereocenters. The van der Waals surface area contributed by atoms with E-state index in [1.807, 2.05) is 4.57 Å². The SMILES string of the molecule is O=C(O)c1cc2n(c1)CCCC(O)C2. The number of aliphatic hydroxyl groups is 1. The Morgan fingerprint density at radius 2 is 2.36 bits per heavy atom. The van der Waals surface area contributed by atoms with Gasteiger partial charge in [0.25, 0.3) is 0 Å². The van der Waals surface area contributed by atoms with Gasteiger partial charge in [-0.25, -0.2) is 4.79 Å². The van der Waals surface area contributed by atoms with Crippen LogP contribution in [0.25, 0.3) is 0 Å². The summed E-state index contributed by atoms with van der Waals surface area (Å²) < 4.78 is 1.93. The van der Waals surface area contributed by atoms with Gasteiger partial charge in [-0.3, -0.25) is 0 Å².